The zero-order valence-corrected chi connectivity index (χ0v) is 9.71. The molecule has 88 valence electrons. The molecule has 0 radical (unpaired) electrons. The number of piperidine rings is 1. The largest absolute Gasteiger partial charge is 0.464 e. The van der Waals surface area contributed by atoms with E-state index in [1.54, 1.807) is 0 Å². The van der Waals surface area contributed by atoms with Gasteiger partial charge in [0, 0.05) is 24.7 Å². The molecule has 0 saturated carbocycles. The van der Waals surface area contributed by atoms with Crippen LogP contribution >= 0.6 is 0 Å². The first-order valence-corrected chi connectivity index (χ1v) is 5.39. The normalized spacial score (nSPS) is 20.2. The van der Waals surface area contributed by atoms with Crippen molar-refractivity contribution in [2.24, 2.45) is 0 Å². The molecule has 0 atom stereocenters. The quantitative estimate of drug-likeness (QED) is 0.602. The minimum Gasteiger partial charge on any atom is -0.464 e. The summed E-state index contributed by atoms with van der Waals surface area (Å²) >= 11 is 0. The van der Waals surface area contributed by atoms with Crippen molar-refractivity contribution in [2.45, 2.75) is 45.2 Å². The third kappa shape index (κ3) is 4.05. The maximum atomic E-state index is 10.3. The van der Waals surface area contributed by atoms with E-state index in [0.29, 0.717) is 0 Å². The van der Waals surface area contributed by atoms with Gasteiger partial charge in [0.1, 0.15) is 0 Å². The summed E-state index contributed by atoms with van der Waals surface area (Å²) in [4.78, 5) is 12.7. The van der Waals surface area contributed by atoms with Crippen molar-refractivity contribution in [3.8, 4) is 0 Å². The summed E-state index contributed by atoms with van der Waals surface area (Å²) in [6.07, 6.45) is 0.947. The monoisotopic (exact) mass is 215 g/mol. The number of likely N-dealkylation sites (tertiary alicyclic amines) is 1. The van der Waals surface area contributed by atoms with Crippen molar-refractivity contribution in [1.29, 1.82) is 0 Å². The molecule has 0 spiro atoms. The predicted octanol–water partition coefficient (Wildman–Crippen LogP) is 1.02. The van der Waals surface area contributed by atoms with Gasteiger partial charge in [0.15, 0.2) is 0 Å². The zero-order chi connectivity index (χ0) is 11.5. The molecule has 0 aromatic heterocycles. The van der Waals surface area contributed by atoms with Gasteiger partial charge in [-0.25, -0.2) is 10.2 Å². The van der Waals surface area contributed by atoms with Crippen LogP contribution in [0.15, 0.2) is 0 Å². The molecule has 3 N–H and O–H groups in total. The average Bonchev–Trinajstić information content (AvgIpc) is 2.14. The summed E-state index contributed by atoms with van der Waals surface area (Å²) in [6, 6.07) is 0.264. The predicted molar refractivity (Wildman–Crippen MR) is 58.6 cm³/mol. The molecule has 1 amide bonds. The fourth-order valence-corrected chi connectivity index (χ4v) is 1.86. The Morgan fingerprint density at radius 3 is 2.27 bits per heavy atom. The van der Waals surface area contributed by atoms with Crippen LogP contribution in [0.3, 0.4) is 0 Å². The molecule has 1 rings (SSSR count). The molecule has 1 heterocycles. The van der Waals surface area contributed by atoms with Crippen LogP contribution in [0.2, 0.25) is 0 Å². The molecule has 5 heteroatoms. The number of amides is 1. The molecule has 0 aliphatic carbocycles. The number of carbonyl (C=O) groups is 1. The van der Waals surface area contributed by atoms with E-state index in [4.69, 9.17) is 5.11 Å². The Kier molecular flexibility index (Phi) is 3.93. The summed E-state index contributed by atoms with van der Waals surface area (Å²) in [7, 11) is 0. The number of nitrogens with one attached hydrogen (secondary N) is 2. The molecule has 5 nitrogen and oxygen atoms in total. The van der Waals surface area contributed by atoms with Gasteiger partial charge in [-0.3, -0.25) is 10.3 Å². The van der Waals surface area contributed by atoms with E-state index in [0.717, 1.165) is 25.9 Å². The highest BCUT2D eigenvalue weighted by molar-refractivity contribution is 5.63. The van der Waals surface area contributed by atoms with E-state index in [1.165, 1.54) is 0 Å². The topological polar surface area (TPSA) is 64.6 Å². The van der Waals surface area contributed by atoms with Crippen LogP contribution in [0.1, 0.15) is 33.6 Å². The van der Waals surface area contributed by atoms with E-state index < -0.39 is 6.09 Å². The molecule has 1 aliphatic rings. The van der Waals surface area contributed by atoms with Gasteiger partial charge in [-0.05, 0) is 33.6 Å². The van der Waals surface area contributed by atoms with Gasteiger partial charge in [-0.1, -0.05) is 0 Å². The highest BCUT2D eigenvalue weighted by atomic mass is 16.4. The Morgan fingerprint density at radius 1 is 1.33 bits per heavy atom. The number of rotatable bonds is 2. The number of carboxylic acid groups (broad SMARTS) is 1. The van der Waals surface area contributed by atoms with E-state index in [9.17, 15) is 4.79 Å². The molecule has 1 aliphatic heterocycles. The highest BCUT2D eigenvalue weighted by Gasteiger charge is 2.26. The smallest absolute Gasteiger partial charge is 0.419 e. The van der Waals surface area contributed by atoms with Crippen LogP contribution in [-0.2, 0) is 0 Å². The maximum absolute atomic E-state index is 10.3. The molecule has 0 bridgehead atoms. The first-order valence-electron chi connectivity index (χ1n) is 5.39. The van der Waals surface area contributed by atoms with Gasteiger partial charge >= 0.3 is 6.09 Å². The van der Waals surface area contributed by atoms with Crippen molar-refractivity contribution < 1.29 is 9.90 Å². The van der Waals surface area contributed by atoms with E-state index >= 15 is 0 Å². The van der Waals surface area contributed by atoms with Crippen molar-refractivity contribution >= 4 is 6.09 Å². The second-order valence-electron chi connectivity index (χ2n) is 5.01. The first-order chi connectivity index (χ1) is 6.89. The lowest BCUT2D eigenvalue weighted by atomic mass is 9.98. The number of nitrogens with zero attached hydrogens (tertiary/aromatic N) is 1. The van der Waals surface area contributed by atoms with Crippen molar-refractivity contribution in [1.82, 2.24) is 15.8 Å². The first kappa shape index (κ1) is 12.3. The van der Waals surface area contributed by atoms with Gasteiger partial charge < -0.3 is 5.11 Å². The number of hydrogen-bond acceptors (Lipinski definition) is 3. The van der Waals surface area contributed by atoms with E-state index in [-0.39, 0.29) is 11.6 Å². The van der Waals surface area contributed by atoms with Crippen LogP contribution < -0.4 is 10.9 Å². The van der Waals surface area contributed by atoms with Crippen LogP contribution in [0.4, 0.5) is 4.79 Å². The molecule has 0 aromatic rings. The van der Waals surface area contributed by atoms with Gasteiger partial charge in [-0.15, -0.1) is 0 Å². The highest BCUT2D eigenvalue weighted by Crippen LogP contribution is 2.19. The molecule has 0 aromatic carbocycles. The summed E-state index contributed by atoms with van der Waals surface area (Å²) in [6.45, 7) is 8.65. The maximum Gasteiger partial charge on any atom is 0.419 e. The van der Waals surface area contributed by atoms with Gasteiger partial charge in [-0.2, -0.15) is 0 Å². The van der Waals surface area contributed by atoms with Crippen LogP contribution in [0, 0.1) is 0 Å². The van der Waals surface area contributed by atoms with Gasteiger partial charge in [0.05, 0.1) is 0 Å². The molecular weight excluding hydrogens is 194 g/mol. The summed E-state index contributed by atoms with van der Waals surface area (Å²) in [5, 5.41) is 8.44. The van der Waals surface area contributed by atoms with Crippen molar-refractivity contribution in [3.05, 3.63) is 0 Å². The fourth-order valence-electron chi connectivity index (χ4n) is 1.86. The second-order valence-corrected chi connectivity index (χ2v) is 5.01. The standard InChI is InChI=1S/C10H21N3O2/c1-10(2,3)13-6-4-8(5-7-13)11-12-9(14)15/h8,11-12H,4-7H2,1-3H3,(H,14,15). The lowest BCUT2D eigenvalue weighted by Gasteiger charge is -2.40. The van der Waals surface area contributed by atoms with E-state index in [1.807, 2.05) is 0 Å². The third-order valence-corrected chi connectivity index (χ3v) is 2.83. The lowest BCUT2D eigenvalue weighted by molar-refractivity contribution is 0.0924. The van der Waals surface area contributed by atoms with Crippen molar-refractivity contribution in [3.63, 3.8) is 0 Å². The minimum atomic E-state index is -1.02. The molecule has 0 unspecified atom stereocenters. The number of hydrazine groups is 1. The van der Waals surface area contributed by atoms with Gasteiger partial charge in [0.2, 0.25) is 0 Å². The van der Waals surface area contributed by atoms with Crippen LogP contribution in [0.5, 0.6) is 0 Å². The Labute approximate surface area is 90.8 Å². The van der Waals surface area contributed by atoms with Crippen LogP contribution in [0.25, 0.3) is 0 Å². The molecule has 1 saturated heterocycles. The minimum absolute atomic E-state index is 0.213. The van der Waals surface area contributed by atoms with Crippen LogP contribution in [-0.4, -0.2) is 40.8 Å². The Hall–Kier alpha value is -0.810. The van der Waals surface area contributed by atoms with Crippen molar-refractivity contribution in [2.75, 3.05) is 13.1 Å². The zero-order valence-electron chi connectivity index (χ0n) is 9.71. The third-order valence-electron chi connectivity index (χ3n) is 2.83. The summed E-state index contributed by atoms with van der Waals surface area (Å²) in [5.74, 6) is 0. The summed E-state index contributed by atoms with van der Waals surface area (Å²) < 4.78 is 0. The average molecular weight is 215 g/mol. The SMILES string of the molecule is CC(C)(C)N1CCC(NNC(=O)O)CC1. The second kappa shape index (κ2) is 4.81. The van der Waals surface area contributed by atoms with E-state index in [2.05, 4.69) is 36.5 Å². The molecule has 15 heavy (non-hydrogen) atoms. The Balaban J connectivity index is 2.27. The molecule has 1 fully saturated rings. The fraction of sp³-hybridized carbons (Fsp3) is 0.900. The number of hydrogen-bond donors (Lipinski definition) is 3. The van der Waals surface area contributed by atoms with Gasteiger partial charge in [0.25, 0.3) is 0 Å². The Bertz CT molecular complexity index is 217. The summed E-state index contributed by atoms with van der Waals surface area (Å²) in [5.41, 5.74) is 5.25. The Morgan fingerprint density at radius 2 is 1.87 bits per heavy atom. The molecular formula is C10H21N3O2. The lowest BCUT2D eigenvalue weighted by Crippen LogP contribution is -2.53.